The normalized spacial score (nSPS) is 11.5. The second kappa shape index (κ2) is 28.5. The number of unbranched alkanes of at least 4 members (excludes halogenated alkanes) is 16. The van der Waals surface area contributed by atoms with Crippen molar-refractivity contribution < 1.29 is 14.3 Å². The van der Waals surface area contributed by atoms with E-state index in [0.717, 1.165) is 25.7 Å². The standard InChI is InChI=1S/C28H54N4O3/c1-3-5-7-9-11-13-15-17-19-21-27(33)31-29-23-25-35-26-24-30-32-28(34)22-20-18-16-14-12-10-8-6-4-2/h23-24H,3-22,25-26H2,1-2H3,(H,31,33)(H,32,34). The Morgan fingerprint density at radius 1 is 0.543 bits per heavy atom. The van der Waals surface area contributed by atoms with Gasteiger partial charge in [0.2, 0.25) is 11.8 Å². The van der Waals surface area contributed by atoms with Gasteiger partial charge in [0.05, 0.1) is 25.6 Å². The molecule has 0 bridgehead atoms. The first-order valence-electron chi connectivity index (χ1n) is 14.4. The molecule has 0 fully saturated rings. The number of nitrogens with zero attached hydrogens (tertiary/aromatic N) is 2. The van der Waals surface area contributed by atoms with E-state index in [2.05, 4.69) is 34.9 Å². The molecule has 2 N–H and O–H groups in total. The lowest BCUT2D eigenvalue weighted by atomic mass is 10.1. The highest BCUT2D eigenvalue weighted by Crippen LogP contribution is 2.11. The second-order valence-corrected chi connectivity index (χ2v) is 9.39. The van der Waals surface area contributed by atoms with Gasteiger partial charge in [-0.3, -0.25) is 9.59 Å². The summed E-state index contributed by atoms with van der Waals surface area (Å²) < 4.78 is 5.32. The van der Waals surface area contributed by atoms with Gasteiger partial charge < -0.3 is 4.74 Å². The van der Waals surface area contributed by atoms with Crippen molar-refractivity contribution >= 4 is 24.2 Å². The molecule has 0 radical (unpaired) electrons. The molecule has 0 aromatic heterocycles. The van der Waals surface area contributed by atoms with Gasteiger partial charge in [0, 0.05) is 12.8 Å². The highest BCUT2D eigenvalue weighted by molar-refractivity contribution is 5.77. The lowest BCUT2D eigenvalue weighted by Gasteiger charge is -2.02. The van der Waals surface area contributed by atoms with E-state index in [1.165, 1.54) is 102 Å². The second-order valence-electron chi connectivity index (χ2n) is 9.39. The Balaban J connectivity index is 3.41. The average Bonchev–Trinajstić information content (AvgIpc) is 2.85. The monoisotopic (exact) mass is 494 g/mol. The van der Waals surface area contributed by atoms with Crippen LogP contribution < -0.4 is 10.9 Å². The maximum atomic E-state index is 11.7. The first kappa shape index (κ1) is 33.2. The molecule has 2 amide bonds. The molecule has 0 heterocycles. The van der Waals surface area contributed by atoms with Crippen LogP contribution >= 0.6 is 0 Å². The zero-order chi connectivity index (χ0) is 25.7. The number of hydrogen-bond acceptors (Lipinski definition) is 5. The van der Waals surface area contributed by atoms with Gasteiger partial charge in [-0.1, -0.05) is 117 Å². The maximum absolute atomic E-state index is 11.7. The molecule has 0 unspecified atom stereocenters. The van der Waals surface area contributed by atoms with Gasteiger partial charge in [0.1, 0.15) is 0 Å². The number of hydrogen-bond donors (Lipinski definition) is 2. The maximum Gasteiger partial charge on any atom is 0.240 e. The Morgan fingerprint density at radius 2 is 0.857 bits per heavy atom. The third-order valence-corrected chi connectivity index (χ3v) is 5.96. The smallest absolute Gasteiger partial charge is 0.240 e. The predicted octanol–water partition coefficient (Wildman–Crippen LogP) is 7.05. The van der Waals surface area contributed by atoms with E-state index in [4.69, 9.17) is 4.74 Å². The number of hydrazone groups is 2. The summed E-state index contributed by atoms with van der Waals surface area (Å²) in [5.41, 5.74) is 5.06. The Morgan fingerprint density at radius 3 is 1.20 bits per heavy atom. The molecule has 0 saturated carbocycles. The van der Waals surface area contributed by atoms with Crippen LogP contribution in [-0.4, -0.2) is 37.5 Å². The van der Waals surface area contributed by atoms with Gasteiger partial charge in [-0.15, -0.1) is 0 Å². The predicted molar refractivity (Wildman–Crippen MR) is 148 cm³/mol. The highest BCUT2D eigenvalue weighted by Gasteiger charge is 2.00. The number of amides is 2. The number of nitrogens with one attached hydrogen (secondary N) is 2. The van der Waals surface area contributed by atoms with Crippen molar-refractivity contribution in [3.8, 4) is 0 Å². The summed E-state index contributed by atoms with van der Waals surface area (Å²) in [6.45, 7) is 5.02. The van der Waals surface area contributed by atoms with E-state index in [1.54, 1.807) is 0 Å². The van der Waals surface area contributed by atoms with Gasteiger partial charge in [-0.05, 0) is 12.8 Å². The van der Waals surface area contributed by atoms with Crippen molar-refractivity contribution in [2.24, 2.45) is 10.2 Å². The molecule has 204 valence electrons. The molecule has 0 aromatic rings. The van der Waals surface area contributed by atoms with Gasteiger partial charge in [-0.25, -0.2) is 10.9 Å². The van der Waals surface area contributed by atoms with Crippen LogP contribution in [0.1, 0.15) is 142 Å². The summed E-state index contributed by atoms with van der Waals surface area (Å²) >= 11 is 0. The largest absolute Gasteiger partial charge is 0.370 e. The topological polar surface area (TPSA) is 92.2 Å². The first-order valence-corrected chi connectivity index (χ1v) is 14.4. The summed E-state index contributed by atoms with van der Waals surface area (Å²) in [6, 6.07) is 0. The van der Waals surface area contributed by atoms with Crippen LogP contribution in [-0.2, 0) is 14.3 Å². The van der Waals surface area contributed by atoms with Gasteiger partial charge in [0.25, 0.3) is 0 Å². The summed E-state index contributed by atoms with van der Waals surface area (Å²) in [5, 5.41) is 7.77. The van der Waals surface area contributed by atoms with E-state index < -0.39 is 0 Å². The van der Waals surface area contributed by atoms with Crippen LogP contribution in [0.25, 0.3) is 0 Å². The third kappa shape index (κ3) is 28.4. The fourth-order valence-corrected chi connectivity index (χ4v) is 3.79. The zero-order valence-corrected chi connectivity index (χ0v) is 22.8. The first-order chi connectivity index (χ1) is 17.2. The molecule has 0 aliphatic heterocycles. The molecule has 0 aliphatic rings. The molecule has 0 rings (SSSR count). The van der Waals surface area contributed by atoms with Crippen LogP contribution in [0.5, 0.6) is 0 Å². The van der Waals surface area contributed by atoms with Crippen LogP contribution in [0, 0.1) is 0 Å². The quantitative estimate of drug-likeness (QED) is 0.0766. The molecule has 0 saturated heterocycles. The fourth-order valence-electron chi connectivity index (χ4n) is 3.79. The zero-order valence-electron chi connectivity index (χ0n) is 22.8. The molecular formula is C28H54N4O3. The lowest BCUT2D eigenvalue weighted by Crippen LogP contribution is -2.18. The SMILES string of the molecule is CCCCCCCCCCCC(=O)NN=CCOCC=NNC(=O)CCCCCCCCCCC. The summed E-state index contributed by atoms with van der Waals surface area (Å²) in [4.78, 5) is 23.5. The number of carbonyl (C=O) groups excluding carboxylic acids is 2. The summed E-state index contributed by atoms with van der Waals surface area (Å²) in [6.07, 6.45) is 26.3. The molecule has 0 aromatic carbocycles. The Bertz CT molecular complexity index is 492. The lowest BCUT2D eigenvalue weighted by molar-refractivity contribution is -0.122. The van der Waals surface area contributed by atoms with Crippen molar-refractivity contribution in [1.29, 1.82) is 0 Å². The molecule has 0 atom stereocenters. The van der Waals surface area contributed by atoms with Crippen LogP contribution in [0.2, 0.25) is 0 Å². The van der Waals surface area contributed by atoms with E-state index in [9.17, 15) is 9.59 Å². The van der Waals surface area contributed by atoms with E-state index in [-0.39, 0.29) is 25.0 Å². The minimum absolute atomic E-state index is 0.0551. The molecule has 7 nitrogen and oxygen atoms in total. The van der Waals surface area contributed by atoms with Crippen molar-refractivity contribution in [2.75, 3.05) is 13.2 Å². The molecule has 7 heteroatoms. The van der Waals surface area contributed by atoms with Crippen LogP contribution in [0.4, 0.5) is 0 Å². The van der Waals surface area contributed by atoms with Crippen molar-refractivity contribution in [1.82, 2.24) is 10.9 Å². The third-order valence-electron chi connectivity index (χ3n) is 5.96. The van der Waals surface area contributed by atoms with Gasteiger partial charge in [0.15, 0.2) is 0 Å². The van der Waals surface area contributed by atoms with Crippen LogP contribution in [0.3, 0.4) is 0 Å². The number of rotatable bonds is 26. The Labute approximate surface area is 215 Å². The van der Waals surface area contributed by atoms with Crippen LogP contribution in [0.15, 0.2) is 10.2 Å². The van der Waals surface area contributed by atoms with Gasteiger partial charge in [-0.2, -0.15) is 10.2 Å². The average molecular weight is 495 g/mol. The van der Waals surface area contributed by atoms with Crippen molar-refractivity contribution in [3.05, 3.63) is 0 Å². The number of ether oxygens (including phenoxy) is 1. The van der Waals surface area contributed by atoms with E-state index >= 15 is 0 Å². The summed E-state index contributed by atoms with van der Waals surface area (Å²) in [5.74, 6) is -0.110. The Kier molecular flexibility index (Phi) is 27.0. The minimum atomic E-state index is -0.0551. The minimum Gasteiger partial charge on any atom is -0.370 e. The molecular weight excluding hydrogens is 440 g/mol. The fraction of sp³-hybridized carbons (Fsp3) is 0.857. The van der Waals surface area contributed by atoms with E-state index in [0.29, 0.717) is 12.8 Å². The Hall–Kier alpha value is -1.76. The number of carbonyl (C=O) groups is 2. The van der Waals surface area contributed by atoms with Crippen molar-refractivity contribution in [3.63, 3.8) is 0 Å². The highest BCUT2D eigenvalue weighted by atomic mass is 16.5. The molecule has 0 spiro atoms. The molecule has 35 heavy (non-hydrogen) atoms. The van der Waals surface area contributed by atoms with E-state index in [1.807, 2.05) is 0 Å². The van der Waals surface area contributed by atoms with Crippen molar-refractivity contribution in [2.45, 2.75) is 142 Å². The summed E-state index contributed by atoms with van der Waals surface area (Å²) in [7, 11) is 0. The van der Waals surface area contributed by atoms with Gasteiger partial charge >= 0.3 is 0 Å². The molecule has 0 aliphatic carbocycles.